The quantitative estimate of drug-likeness (QED) is 0.667. The van der Waals surface area contributed by atoms with Crippen LogP contribution in [-0.4, -0.2) is 22.4 Å². The molecule has 2 nitrogen and oxygen atoms in total. The fraction of sp³-hybridized carbons (Fsp3) is 1.00. The van der Waals surface area contributed by atoms with Crippen LogP contribution in [0, 0.1) is 16.2 Å². The molecule has 0 aliphatic heterocycles. The van der Waals surface area contributed by atoms with Gasteiger partial charge in [-0.3, -0.25) is 0 Å². The molecule has 0 aromatic carbocycles. The molecule has 0 aromatic rings. The molecule has 2 N–H and O–H groups in total. The molecule has 2 aliphatic carbocycles. The van der Waals surface area contributed by atoms with Crippen molar-refractivity contribution >= 4 is 0 Å². The van der Waals surface area contributed by atoms with Crippen molar-refractivity contribution in [2.75, 3.05) is 0 Å². The first kappa shape index (κ1) is 12.4. The Hall–Kier alpha value is -0.0800. The predicted octanol–water partition coefficient (Wildman–Crippen LogP) is 2.72. The fourth-order valence-electron chi connectivity index (χ4n) is 4.29. The highest BCUT2D eigenvalue weighted by Crippen LogP contribution is 2.65. The second-order valence-corrected chi connectivity index (χ2v) is 6.93. The highest BCUT2D eigenvalue weighted by Gasteiger charge is 2.62. The summed E-state index contributed by atoms with van der Waals surface area (Å²) in [4.78, 5) is 0. The Morgan fingerprint density at radius 3 is 2.12 bits per heavy atom. The maximum atomic E-state index is 10.4. The van der Waals surface area contributed by atoms with Gasteiger partial charge in [0.25, 0.3) is 0 Å². The Balaban J connectivity index is 2.45. The summed E-state index contributed by atoms with van der Waals surface area (Å²) >= 11 is 0. The Kier molecular flexibility index (Phi) is 2.67. The smallest absolute Gasteiger partial charge is 0.0599 e. The molecule has 0 bridgehead atoms. The van der Waals surface area contributed by atoms with Gasteiger partial charge in [-0.25, -0.2) is 0 Å². The molecule has 2 aliphatic rings. The van der Waals surface area contributed by atoms with Gasteiger partial charge in [-0.2, -0.15) is 0 Å². The third kappa shape index (κ3) is 1.26. The van der Waals surface area contributed by atoms with Gasteiger partial charge in [0.1, 0.15) is 0 Å². The van der Waals surface area contributed by atoms with Gasteiger partial charge in [0.15, 0.2) is 0 Å². The minimum atomic E-state index is -0.226. The van der Waals surface area contributed by atoms with E-state index in [9.17, 15) is 10.2 Å². The second-order valence-electron chi connectivity index (χ2n) is 6.93. The van der Waals surface area contributed by atoms with E-state index in [2.05, 4.69) is 27.7 Å². The SMILES string of the molecule is CC1(C)[C@H](O)CC[C@]2(C)[C@H](O)CCC[C@@]12C. The van der Waals surface area contributed by atoms with E-state index in [1.54, 1.807) is 0 Å². The lowest BCUT2D eigenvalue weighted by molar-refractivity contribution is -0.216. The lowest BCUT2D eigenvalue weighted by Crippen LogP contribution is -2.62. The highest BCUT2D eigenvalue weighted by atomic mass is 16.3. The second kappa shape index (κ2) is 3.46. The molecule has 0 saturated heterocycles. The fourth-order valence-corrected chi connectivity index (χ4v) is 4.29. The summed E-state index contributed by atoms with van der Waals surface area (Å²) in [6, 6.07) is 0. The van der Waals surface area contributed by atoms with Crippen LogP contribution in [0.15, 0.2) is 0 Å². The minimum absolute atomic E-state index is 0.0199. The summed E-state index contributed by atoms with van der Waals surface area (Å²) in [5.41, 5.74) is -0.0648. The van der Waals surface area contributed by atoms with E-state index in [1.165, 1.54) is 0 Å². The van der Waals surface area contributed by atoms with Crippen molar-refractivity contribution in [3.05, 3.63) is 0 Å². The summed E-state index contributed by atoms with van der Waals surface area (Å²) in [6.45, 7) is 8.85. The van der Waals surface area contributed by atoms with Crippen molar-refractivity contribution in [3.8, 4) is 0 Å². The lowest BCUT2D eigenvalue weighted by Gasteiger charge is -2.64. The molecule has 2 fully saturated rings. The zero-order chi connectivity index (χ0) is 12.2. The molecule has 0 unspecified atom stereocenters. The van der Waals surface area contributed by atoms with E-state index in [4.69, 9.17) is 0 Å². The van der Waals surface area contributed by atoms with Gasteiger partial charge in [0, 0.05) is 0 Å². The number of hydrogen-bond donors (Lipinski definition) is 2. The van der Waals surface area contributed by atoms with Crippen LogP contribution in [0.5, 0.6) is 0 Å². The summed E-state index contributed by atoms with van der Waals surface area (Å²) < 4.78 is 0. The first-order chi connectivity index (χ1) is 7.26. The molecule has 16 heavy (non-hydrogen) atoms. The van der Waals surface area contributed by atoms with Gasteiger partial charge < -0.3 is 10.2 Å². The van der Waals surface area contributed by atoms with E-state index in [1.807, 2.05) is 0 Å². The van der Waals surface area contributed by atoms with Gasteiger partial charge in [0.05, 0.1) is 12.2 Å². The molecule has 0 aromatic heterocycles. The standard InChI is InChI=1S/C14H26O2/c1-12(2)10(15)7-9-13(3)11(16)6-5-8-14(12,13)4/h10-11,15-16H,5-9H2,1-4H3/t10-,11-,13-,14+/m1/s1. The third-order valence-electron chi connectivity index (χ3n) is 6.34. The van der Waals surface area contributed by atoms with Gasteiger partial charge in [-0.05, 0) is 41.9 Å². The van der Waals surface area contributed by atoms with Crippen molar-refractivity contribution in [1.82, 2.24) is 0 Å². The van der Waals surface area contributed by atoms with E-state index >= 15 is 0 Å². The number of hydrogen-bond acceptors (Lipinski definition) is 2. The molecular formula is C14H26O2. The van der Waals surface area contributed by atoms with Gasteiger partial charge >= 0.3 is 0 Å². The molecule has 0 amide bonds. The molecule has 2 heteroatoms. The Labute approximate surface area is 99.1 Å². The molecule has 0 radical (unpaired) electrons. The van der Waals surface area contributed by atoms with E-state index in [0.717, 1.165) is 32.1 Å². The third-order valence-corrected chi connectivity index (χ3v) is 6.34. The van der Waals surface area contributed by atoms with Gasteiger partial charge in [-0.15, -0.1) is 0 Å². The molecule has 2 rings (SSSR count). The molecule has 2 saturated carbocycles. The van der Waals surface area contributed by atoms with E-state index < -0.39 is 0 Å². The zero-order valence-electron chi connectivity index (χ0n) is 11.1. The van der Waals surface area contributed by atoms with Crippen molar-refractivity contribution in [2.24, 2.45) is 16.2 Å². The summed E-state index contributed by atoms with van der Waals surface area (Å²) in [6.07, 6.45) is 4.51. The number of fused-ring (bicyclic) bond motifs is 1. The van der Waals surface area contributed by atoms with Crippen LogP contribution >= 0.6 is 0 Å². The van der Waals surface area contributed by atoms with Crippen molar-refractivity contribution in [1.29, 1.82) is 0 Å². The van der Waals surface area contributed by atoms with Crippen molar-refractivity contribution in [2.45, 2.75) is 72.0 Å². The first-order valence-electron chi connectivity index (χ1n) is 6.62. The van der Waals surface area contributed by atoms with Crippen molar-refractivity contribution in [3.63, 3.8) is 0 Å². The number of rotatable bonds is 0. The van der Waals surface area contributed by atoms with Crippen LogP contribution < -0.4 is 0 Å². The summed E-state index contributed by atoms with van der Waals surface area (Å²) in [5.74, 6) is 0. The lowest BCUT2D eigenvalue weighted by atomic mass is 9.41. The topological polar surface area (TPSA) is 40.5 Å². The maximum absolute atomic E-state index is 10.4. The molecule has 0 spiro atoms. The summed E-state index contributed by atoms with van der Waals surface area (Å²) in [7, 11) is 0. The van der Waals surface area contributed by atoms with Crippen LogP contribution in [0.3, 0.4) is 0 Å². The van der Waals surface area contributed by atoms with Gasteiger partial charge in [-0.1, -0.05) is 34.1 Å². The molecular weight excluding hydrogens is 200 g/mol. The first-order valence-corrected chi connectivity index (χ1v) is 6.62. The highest BCUT2D eigenvalue weighted by molar-refractivity contribution is 5.11. The Morgan fingerprint density at radius 1 is 0.875 bits per heavy atom. The van der Waals surface area contributed by atoms with Crippen LogP contribution in [0.2, 0.25) is 0 Å². The predicted molar refractivity (Wildman–Crippen MR) is 65.1 cm³/mol. The van der Waals surface area contributed by atoms with Crippen LogP contribution in [0.1, 0.15) is 59.8 Å². The van der Waals surface area contributed by atoms with Crippen molar-refractivity contribution < 1.29 is 10.2 Å². The average molecular weight is 226 g/mol. The zero-order valence-corrected chi connectivity index (χ0v) is 11.1. The molecule has 0 heterocycles. The van der Waals surface area contributed by atoms with Crippen LogP contribution in [-0.2, 0) is 0 Å². The number of aliphatic hydroxyl groups excluding tert-OH is 2. The number of aliphatic hydroxyl groups is 2. The largest absolute Gasteiger partial charge is 0.393 e. The normalized spacial score (nSPS) is 52.1. The summed E-state index contributed by atoms with van der Waals surface area (Å²) in [5, 5.41) is 20.6. The maximum Gasteiger partial charge on any atom is 0.0599 e. The monoisotopic (exact) mass is 226 g/mol. The van der Waals surface area contributed by atoms with Gasteiger partial charge in [0.2, 0.25) is 0 Å². The molecule has 94 valence electrons. The van der Waals surface area contributed by atoms with Crippen LogP contribution in [0.4, 0.5) is 0 Å². The molecule has 4 atom stereocenters. The van der Waals surface area contributed by atoms with E-state index in [-0.39, 0.29) is 28.5 Å². The van der Waals surface area contributed by atoms with Crippen LogP contribution in [0.25, 0.3) is 0 Å². The average Bonchev–Trinajstić information content (AvgIpc) is 2.20. The Morgan fingerprint density at radius 2 is 1.50 bits per heavy atom. The van der Waals surface area contributed by atoms with E-state index in [0.29, 0.717) is 0 Å². The Bertz CT molecular complexity index is 286. The minimum Gasteiger partial charge on any atom is -0.393 e.